The fourth-order valence-corrected chi connectivity index (χ4v) is 2.53. The Hall–Kier alpha value is -1.86. The number of nitrogens with one attached hydrogen (secondary N) is 1. The maximum absolute atomic E-state index is 9.24. The van der Waals surface area contributed by atoms with Crippen molar-refractivity contribution < 1.29 is 0 Å². The van der Waals surface area contributed by atoms with Gasteiger partial charge in [-0.3, -0.25) is 0 Å². The van der Waals surface area contributed by atoms with Crippen LogP contribution in [0.25, 0.3) is 11.0 Å². The van der Waals surface area contributed by atoms with Crippen molar-refractivity contribution in [2.75, 3.05) is 7.05 Å². The fraction of sp³-hybridized carbons (Fsp3) is 0.467. The van der Waals surface area contributed by atoms with E-state index in [2.05, 4.69) is 39.1 Å². The van der Waals surface area contributed by atoms with Gasteiger partial charge in [-0.2, -0.15) is 5.26 Å². The Kier molecular flexibility index (Phi) is 3.87. The number of hydrogen-bond donors (Lipinski definition) is 1. The van der Waals surface area contributed by atoms with Gasteiger partial charge < -0.3 is 9.88 Å². The van der Waals surface area contributed by atoms with Crippen LogP contribution in [0.1, 0.15) is 30.8 Å². The minimum atomic E-state index is -0.0211. The number of nitriles is 1. The average molecular weight is 256 g/mol. The summed E-state index contributed by atoms with van der Waals surface area (Å²) in [6.45, 7) is 4.04. The molecule has 1 aromatic carbocycles. The van der Waals surface area contributed by atoms with Crippen molar-refractivity contribution in [3.8, 4) is 6.07 Å². The largest absolute Gasteiger partial charge is 0.331 e. The van der Waals surface area contributed by atoms with Gasteiger partial charge in [0.2, 0.25) is 0 Å². The summed E-state index contributed by atoms with van der Waals surface area (Å²) in [6, 6.07) is 8.69. The molecule has 0 amide bonds. The molecule has 0 aliphatic heterocycles. The van der Waals surface area contributed by atoms with E-state index in [1.807, 2.05) is 27.9 Å². The van der Waals surface area contributed by atoms with Crippen molar-refractivity contribution >= 4 is 11.0 Å². The third-order valence-electron chi connectivity index (χ3n) is 3.81. The molecule has 0 fully saturated rings. The second kappa shape index (κ2) is 5.41. The van der Waals surface area contributed by atoms with Gasteiger partial charge >= 0.3 is 0 Å². The normalized spacial score (nSPS) is 14.3. The summed E-state index contributed by atoms with van der Waals surface area (Å²) < 4.78 is 2.08. The molecule has 0 spiro atoms. The van der Waals surface area contributed by atoms with Crippen LogP contribution in [0.3, 0.4) is 0 Å². The van der Waals surface area contributed by atoms with Gasteiger partial charge in [0.25, 0.3) is 0 Å². The summed E-state index contributed by atoms with van der Waals surface area (Å²) in [5, 5.41) is 12.5. The summed E-state index contributed by atoms with van der Waals surface area (Å²) in [5.41, 5.74) is 3.24. The molecule has 19 heavy (non-hydrogen) atoms. The molecule has 0 aliphatic carbocycles. The van der Waals surface area contributed by atoms with E-state index >= 15 is 0 Å². The van der Waals surface area contributed by atoms with E-state index in [1.165, 1.54) is 0 Å². The van der Waals surface area contributed by atoms with Gasteiger partial charge in [0.15, 0.2) is 0 Å². The van der Waals surface area contributed by atoms with Crippen LogP contribution < -0.4 is 5.32 Å². The van der Waals surface area contributed by atoms with E-state index in [1.54, 1.807) is 0 Å². The van der Waals surface area contributed by atoms with E-state index in [-0.39, 0.29) is 12.0 Å². The Balaban J connectivity index is 2.47. The molecule has 100 valence electrons. The molecule has 2 rings (SSSR count). The average Bonchev–Trinajstić information content (AvgIpc) is 2.70. The van der Waals surface area contributed by atoms with Gasteiger partial charge in [-0.15, -0.1) is 0 Å². The van der Waals surface area contributed by atoms with Crippen LogP contribution in [0.2, 0.25) is 0 Å². The Morgan fingerprint density at radius 2 is 2.21 bits per heavy atom. The lowest BCUT2D eigenvalue weighted by molar-refractivity contribution is 0.449. The van der Waals surface area contributed by atoms with Gasteiger partial charge in [0.1, 0.15) is 5.82 Å². The summed E-state index contributed by atoms with van der Waals surface area (Å²) in [7, 11) is 3.92. The van der Waals surface area contributed by atoms with Crippen LogP contribution in [0.5, 0.6) is 0 Å². The lowest BCUT2D eigenvalue weighted by Gasteiger charge is -2.20. The maximum atomic E-state index is 9.24. The van der Waals surface area contributed by atoms with E-state index in [0.717, 1.165) is 28.8 Å². The minimum Gasteiger partial charge on any atom is -0.331 e. The molecule has 2 aromatic rings. The first-order valence-electron chi connectivity index (χ1n) is 6.62. The first-order valence-corrected chi connectivity index (χ1v) is 6.62. The second-order valence-electron chi connectivity index (χ2n) is 4.88. The third-order valence-corrected chi connectivity index (χ3v) is 3.81. The van der Waals surface area contributed by atoms with E-state index in [0.29, 0.717) is 0 Å². The quantitative estimate of drug-likeness (QED) is 0.915. The zero-order valence-corrected chi connectivity index (χ0v) is 11.9. The van der Waals surface area contributed by atoms with Gasteiger partial charge in [0.05, 0.1) is 23.0 Å². The van der Waals surface area contributed by atoms with Crippen LogP contribution >= 0.6 is 0 Å². The van der Waals surface area contributed by atoms with E-state index in [9.17, 15) is 5.26 Å². The molecule has 4 heteroatoms. The number of benzene rings is 1. The van der Waals surface area contributed by atoms with Gasteiger partial charge in [-0.05, 0) is 38.1 Å². The Bertz CT molecular complexity index is 621. The van der Waals surface area contributed by atoms with E-state index in [4.69, 9.17) is 0 Å². The molecular weight excluding hydrogens is 236 g/mol. The lowest BCUT2D eigenvalue weighted by atomic mass is 9.92. The molecule has 2 unspecified atom stereocenters. The SMILES string of the molecule is CCC(C#N)C(NC)c1ccc2c(c1)nc(C)n2C. The molecule has 0 saturated carbocycles. The number of nitrogens with zero attached hydrogens (tertiary/aromatic N) is 3. The number of imidazole rings is 1. The van der Waals surface area contributed by atoms with Crippen molar-refractivity contribution in [1.82, 2.24) is 14.9 Å². The van der Waals surface area contributed by atoms with Crippen molar-refractivity contribution in [3.05, 3.63) is 29.6 Å². The predicted molar refractivity (Wildman–Crippen MR) is 76.6 cm³/mol. The fourth-order valence-electron chi connectivity index (χ4n) is 2.53. The highest BCUT2D eigenvalue weighted by Crippen LogP contribution is 2.26. The minimum absolute atomic E-state index is 0.0211. The zero-order chi connectivity index (χ0) is 14.0. The molecule has 2 atom stereocenters. The predicted octanol–water partition coefficient (Wildman–Crippen LogP) is 2.69. The maximum Gasteiger partial charge on any atom is 0.106 e. The molecular formula is C15H20N4. The highest BCUT2D eigenvalue weighted by Gasteiger charge is 2.20. The summed E-state index contributed by atoms with van der Waals surface area (Å²) in [6.07, 6.45) is 0.835. The van der Waals surface area contributed by atoms with Crippen LogP contribution in [0.4, 0.5) is 0 Å². The molecule has 0 saturated heterocycles. The number of aryl methyl sites for hydroxylation is 2. The number of aromatic nitrogens is 2. The Labute approximate surface area is 114 Å². The first-order chi connectivity index (χ1) is 9.12. The van der Waals surface area contributed by atoms with Gasteiger partial charge in [0, 0.05) is 13.1 Å². The second-order valence-corrected chi connectivity index (χ2v) is 4.88. The van der Waals surface area contributed by atoms with Crippen molar-refractivity contribution in [2.24, 2.45) is 13.0 Å². The zero-order valence-electron chi connectivity index (χ0n) is 11.9. The Morgan fingerprint density at radius 3 is 2.79 bits per heavy atom. The third kappa shape index (κ3) is 2.34. The standard InChI is InChI=1S/C15H20N4/c1-5-11(9-16)15(17-3)12-6-7-14-13(8-12)18-10(2)19(14)4/h6-8,11,15,17H,5H2,1-4H3. The molecule has 1 N–H and O–H groups in total. The number of fused-ring (bicyclic) bond motifs is 1. The molecule has 1 heterocycles. The van der Waals surface area contributed by atoms with Crippen molar-refractivity contribution in [3.63, 3.8) is 0 Å². The van der Waals surface area contributed by atoms with Crippen LogP contribution in [0.15, 0.2) is 18.2 Å². The van der Waals surface area contributed by atoms with Crippen LogP contribution in [-0.4, -0.2) is 16.6 Å². The first kappa shape index (κ1) is 13.6. The summed E-state index contributed by atoms with van der Waals surface area (Å²) in [4.78, 5) is 4.55. The Morgan fingerprint density at radius 1 is 1.47 bits per heavy atom. The highest BCUT2D eigenvalue weighted by atomic mass is 15.0. The van der Waals surface area contributed by atoms with Gasteiger partial charge in [-0.1, -0.05) is 13.0 Å². The summed E-state index contributed by atoms with van der Waals surface area (Å²) in [5.74, 6) is 0.979. The van der Waals surface area contributed by atoms with Crippen LogP contribution in [0, 0.1) is 24.2 Å². The van der Waals surface area contributed by atoms with Crippen molar-refractivity contribution in [1.29, 1.82) is 5.26 Å². The smallest absolute Gasteiger partial charge is 0.106 e. The number of rotatable bonds is 4. The topological polar surface area (TPSA) is 53.6 Å². The molecule has 0 aliphatic rings. The van der Waals surface area contributed by atoms with E-state index < -0.39 is 0 Å². The van der Waals surface area contributed by atoms with Crippen LogP contribution in [-0.2, 0) is 7.05 Å². The van der Waals surface area contributed by atoms with Gasteiger partial charge in [-0.25, -0.2) is 4.98 Å². The summed E-state index contributed by atoms with van der Waals surface area (Å²) >= 11 is 0. The lowest BCUT2D eigenvalue weighted by Crippen LogP contribution is -2.24. The molecule has 1 aromatic heterocycles. The highest BCUT2D eigenvalue weighted by molar-refractivity contribution is 5.77. The molecule has 4 nitrogen and oxygen atoms in total. The van der Waals surface area contributed by atoms with Crippen molar-refractivity contribution in [2.45, 2.75) is 26.3 Å². The molecule has 0 bridgehead atoms. The molecule has 0 radical (unpaired) electrons. The monoisotopic (exact) mass is 256 g/mol. The number of hydrogen-bond acceptors (Lipinski definition) is 3.